The van der Waals surface area contributed by atoms with Crippen LogP contribution in [-0.2, 0) is 16.4 Å². The van der Waals surface area contributed by atoms with Gasteiger partial charge in [-0.05, 0) is 31.5 Å². The van der Waals surface area contributed by atoms with E-state index in [1.54, 1.807) is 19.3 Å². The van der Waals surface area contributed by atoms with Crippen LogP contribution in [0.15, 0.2) is 46.2 Å². The zero-order valence-electron chi connectivity index (χ0n) is 11.1. The number of aryl methyl sites for hydroxylation is 1. The Morgan fingerprint density at radius 1 is 1.45 bits per heavy atom. The number of nitrogens with one attached hydrogen (secondary N) is 1. The van der Waals surface area contributed by atoms with Gasteiger partial charge in [0.1, 0.15) is 10.7 Å². The molecule has 0 bridgehead atoms. The standard InChI is InChI=1S/C13H17N3O3S/c1-10(4-5-11-3-2-8-19-11)16-20(17,18)13-9-15-7-6-12(13)14/h2-3,6-10,16H,4-5H2,1H3,(H2,14,15). The average Bonchev–Trinajstić information content (AvgIpc) is 2.89. The Labute approximate surface area is 118 Å². The Kier molecular flexibility index (Phi) is 4.41. The second-order valence-corrected chi connectivity index (χ2v) is 6.24. The molecule has 0 aliphatic heterocycles. The summed E-state index contributed by atoms with van der Waals surface area (Å²) in [6, 6.07) is 4.90. The molecule has 1 atom stereocenters. The first-order chi connectivity index (χ1) is 9.49. The van der Waals surface area contributed by atoms with E-state index >= 15 is 0 Å². The molecule has 0 aliphatic carbocycles. The summed E-state index contributed by atoms with van der Waals surface area (Å²) in [7, 11) is -3.65. The third-order valence-corrected chi connectivity index (χ3v) is 4.50. The van der Waals surface area contributed by atoms with Gasteiger partial charge in [-0.1, -0.05) is 0 Å². The Hall–Kier alpha value is -1.86. The lowest BCUT2D eigenvalue weighted by Crippen LogP contribution is -2.33. The molecule has 0 saturated heterocycles. The fourth-order valence-electron chi connectivity index (χ4n) is 1.82. The third kappa shape index (κ3) is 3.58. The number of rotatable bonds is 6. The minimum Gasteiger partial charge on any atom is -0.469 e. The predicted octanol–water partition coefficient (Wildman–Crippen LogP) is 1.56. The maximum atomic E-state index is 12.2. The smallest absolute Gasteiger partial charge is 0.244 e. The number of anilines is 1. The summed E-state index contributed by atoms with van der Waals surface area (Å²) in [6.45, 7) is 1.80. The van der Waals surface area contributed by atoms with Gasteiger partial charge in [-0.3, -0.25) is 4.98 Å². The molecular weight excluding hydrogens is 278 g/mol. The molecule has 0 radical (unpaired) electrons. The number of nitrogen functional groups attached to an aromatic ring is 1. The number of hydrogen-bond donors (Lipinski definition) is 2. The first kappa shape index (κ1) is 14.5. The van der Waals surface area contributed by atoms with Gasteiger partial charge in [0.25, 0.3) is 0 Å². The van der Waals surface area contributed by atoms with Crippen molar-refractivity contribution in [1.29, 1.82) is 0 Å². The molecule has 20 heavy (non-hydrogen) atoms. The predicted molar refractivity (Wildman–Crippen MR) is 75.5 cm³/mol. The number of sulfonamides is 1. The topological polar surface area (TPSA) is 98.2 Å². The lowest BCUT2D eigenvalue weighted by Gasteiger charge is -2.14. The van der Waals surface area contributed by atoms with Crippen molar-refractivity contribution in [3.8, 4) is 0 Å². The van der Waals surface area contributed by atoms with Crippen molar-refractivity contribution in [2.24, 2.45) is 0 Å². The third-order valence-electron chi connectivity index (χ3n) is 2.87. The second-order valence-electron chi connectivity index (χ2n) is 4.55. The number of nitrogens with two attached hydrogens (primary N) is 1. The zero-order valence-corrected chi connectivity index (χ0v) is 11.9. The van der Waals surface area contributed by atoms with Crippen LogP contribution >= 0.6 is 0 Å². The molecule has 6 nitrogen and oxygen atoms in total. The van der Waals surface area contributed by atoms with Crippen molar-refractivity contribution < 1.29 is 12.8 Å². The lowest BCUT2D eigenvalue weighted by atomic mass is 10.2. The van der Waals surface area contributed by atoms with E-state index in [2.05, 4.69) is 9.71 Å². The van der Waals surface area contributed by atoms with Gasteiger partial charge in [-0.15, -0.1) is 0 Å². The van der Waals surface area contributed by atoms with Crippen LogP contribution in [0.4, 0.5) is 5.69 Å². The molecule has 0 saturated carbocycles. The van der Waals surface area contributed by atoms with E-state index in [1.165, 1.54) is 18.5 Å². The van der Waals surface area contributed by atoms with Crippen molar-refractivity contribution in [3.63, 3.8) is 0 Å². The average molecular weight is 295 g/mol. The fraction of sp³-hybridized carbons (Fsp3) is 0.308. The summed E-state index contributed by atoms with van der Waals surface area (Å²) in [5, 5.41) is 0. The van der Waals surface area contributed by atoms with E-state index in [0.29, 0.717) is 12.8 Å². The van der Waals surface area contributed by atoms with Gasteiger partial charge >= 0.3 is 0 Å². The van der Waals surface area contributed by atoms with Gasteiger partial charge < -0.3 is 10.2 Å². The number of furan rings is 1. The van der Waals surface area contributed by atoms with Crippen LogP contribution in [0.25, 0.3) is 0 Å². The van der Waals surface area contributed by atoms with Crippen molar-refractivity contribution in [2.75, 3.05) is 5.73 Å². The number of pyridine rings is 1. The Bertz CT molecular complexity index is 653. The molecule has 2 aromatic rings. The molecular formula is C13H17N3O3S. The molecule has 0 aliphatic rings. The van der Waals surface area contributed by atoms with Gasteiger partial charge in [-0.2, -0.15) is 0 Å². The highest BCUT2D eigenvalue weighted by molar-refractivity contribution is 7.89. The summed E-state index contributed by atoms with van der Waals surface area (Å²) >= 11 is 0. The highest BCUT2D eigenvalue weighted by Gasteiger charge is 2.20. The molecule has 0 amide bonds. The van der Waals surface area contributed by atoms with Crippen LogP contribution in [0.3, 0.4) is 0 Å². The van der Waals surface area contributed by atoms with Gasteiger partial charge in [-0.25, -0.2) is 13.1 Å². The van der Waals surface area contributed by atoms with E-state index in [4.69, 9.17) is 10.2 Å². The summed E-state index contributed by atoms with van der Waals surface area (Å²) in [6.07, 6.45) is 5.60. The van der Waals surface area contributed by atoms with Crippen LogP contribution < -0.4 is 10.5 Å². The first-order valence-corrected chi connectivity index (χ1v) is 7.71. The monoisotopic (exact) mass is 295 g/mol. The lowest BCUT2D eigenvalue weighted by molar-refractivity contribution is 0.480. The number of nitrogens with zero attached hydrogens (tertiary/aromatic N) is 1. The van der Waals surface area contributed by atoms with Crippen LogP contribution in [0.1, 0.15) is 19.1 Å². The van der Waals surface area contributed by atoms with Crippen LogP contribution in [0.5, 0.6) is 0 Å². The molecule has 3 N–H and O–H groups in total. The van der Waals surface area contributed by atoms with Crippen LogP contribution in [-0.4, -0.2) is 19.4 Å². The van der Waals surface area contributed by atoms with Crippen LogP contribution in [0.2, 0.25) is 0 Å². The van der Waals surface area contributed by atoms with Gasteiger partial charge in [0.05, 0.1) is 12.0 Å². The van der Waals surface area contributed by atoms with Crippen molar-refractivity contribution in [2.45, 2.75) is 30.7 Å². The quantitative estimate of drug-likeness (QED) is 0.842. The minimum absolute atomic E-state index is 0.00449. The largest absolute Gasteiger partial charge is 0.469 e. The van der Waals surface area contributed by atoms with Crippen molar-refractivity contribution in [1.82, 2.24) is 9.71 Å². The molecule has 2 heterocycles. The van der Waals surface area contributed by atoms with E-state index < -0.39 is 10.0 Å². The minimum atomic E-state index is -3.65. The Morgan fingerprint density at radius 2 is 2.25 bits per heavy atom. The molecule has 1 unspecified atom stereocenters. The van der Waals surface area contributed by atoms with E-state index in [1.807, 2.05) is 6.07 Å². The molecule has 108 valence electrons. The fourth-order valence-corrected chi connectivity index (χ4v) is 3.17. The number of hydrogen-bond acceptors (Lipinski definition) is 5. The van der Waals surface area contributed by atoms with E-state index in [-0.39, 0.29) is 16.6 Å². The van der Waals surface area contributed by atoms with Gasteiger partial charge in [0.2, 0.25) is 10.0 Å². The summed E-state index contributed by atoms with van der Waals surface area (Å²) < 4.78 is 32.1. The summed E-state index contributed by atoms with van der Waals surface area (Å²) in [5.41, 5.74) is 5.85. The molecule has 0 fully saturated rings. The van der Waals surface area contributed by atoms with E-state index in [0.717, 1.165) is 5.76 Å². The van der Waals surface area contributed by atoms with Crippen LogP contribution in [0, 0.1) is 0 Å². The number of aromatic nitrogens is 1. The summed E-state index contributed by atoms with van der Waals surface area (Å²) in [5.74, 6) is 0.830. The molecule has 0 spiro atoms. The molecule has 0 aromatic carbocycles. The van der Waals surface area contributed by atoms with E-state index in [9.17, 15) is 8.42 Å². The van der Waals surface area contributed by atoms with Crippen molar-refractivity contribution in [3.05, 3.63) is 42.6 Å². The highest BCUT2D eigenvalue weighted by atomic mass is 32.2. The van der Waals surface area contributed by atoms with Crippen molar-refractivity contribution >= 4 is 15.7 Å². The highest BCUT2D eigenvalue weighted by Crippen LogP contribution is 2.16. The molecule has 7 heteroatoms. The maximum absolute atomic E-state index is 12.2. The normalized spacial score (nSPS) is 13.2. The second kappa shape index (κ2) is 6.06. The Morgan fingerprint density at radius 3 is 2.90 bits per heavy atom. The molecule has 2 aromatic heterocycles. The van der Waals surface area contributed by atoms with Gasteiger partial charge in [0.15, 0.2) is 0 Å². The SMILES string of the molecule is CC(CCc1ccco1)NS(=O)(=O)c1cnccc1N. The van der Waals surface area contributed by atoms with Gasteiger partial charge in [0, 0.05) is 24.9 Å². The molecule has 2 rings (SSSR count). The summed E-state index contributed by atoms with van der Waals surface area (Å²) in [4.78, 5) is 3.80. The zero-order chi connectivity index (χ0) is 14.6. The Balaban J connectivity index is 1.99. The maximum Gasteiger partial charge on any atom is 0.244 e. The first-order valence-electron chi connectivity index (χ1n) is 6.23.